The maximum Gasteiger partial charge on any atom is 0.191 e. The van der Waals surface area contributed by atoms with Crippen molar-refractivity contribution in [2.24, 2.45) is 10.7 Å². The van der Waals surface area contributed by atoms with E-state index in [4.69, 9.17) is 5.73 Å². The highest BCUT2D eigenvalue weighted by Crippen LogP contribution is 2.12. The lowest BCUT2D eigenvalue weighted by Gasteiger charge is -2.18. The van der Waals surface area contributed by atoms with Crippen LogP contribution in [-0.2, 0) is 6.54 Å². The Bertz CT molecular complexity index is 349. The molecule has 0 spiro atoms. The Morgan fingerprint density at radius 2 is 2.27 bits per heavy atom. The minimum Gasteiger partial charge on any atom is -0.370 e. The van der Waals surface area contributed by atoms with Crippen LogP contribution in [0.2, 0.25) is 0 Å². The maximum atomic E-state index is 5.78. The van der Waals surface area contributed by atoms with Crippen LogP contribution in [0.25, 0.3) is 0 Å². The molecule has 0 fully saturated rings. The standard InChI is InChI=1S/C11H16BrN3/c1-3-14-11(13)15(2)8-9-5-4-6-10(12)7-9/h4-7H,3,8H2,1-2H3,(H2,13,14). The van der Waals surface area contributed by atoms with E-state index in [1.807, 2.05) is 31.0 Å². The lowest BCUT2D eigenvalue weighted by atomic mass is 10.2. The van der Waals surface area contributed by atoms with E-state index in [1.165, 1.54) is 5.56 Å². The summed E-state index contributed by atoms with van der Waals surface area (Å²) in [6.07, 6.45) is 0. The van der Waals surface area contributed by atoms with Crippen molar-refractivity contribution in [1.29, 1.82) is 0 Å². The Morgan fingerprint density at radius 3 is 2.87 bits per heavy atom. The molecule has 0 unspecified atom stereocenters. The van der Waals surface area contributed by atoms with Crippen LogP contribution in [0.3, 0.4) is 0 Å². The van der Waals surface area contributed by atoms with Gasteiger partial charge < -0.3 is 10.6 Å². The second-order valence-electron chi connectivity index (χ2n) is 3.32. The number of aliphatic imine (C=N–C) groups is 1. The minimum absolute atomic E-state index is 0.581. The van der Waals surface area contributed by atoms with Gasteiger partial charge in [0, 0.05) is 24.6 Å². The summed E-state index contributed by atoms with van der Waals surface area (Å²) >= 11 is 3.44. The molecule has 0 amide bonds. The van der Waals surface area contributed by atoms with Gasteiger partial charge in [-0.3, -0.25) is 4.99 Å². The molecule has 0 atom stereocenters. The van der Waals surface area contributed by atoms with Crippen molar-refractivity contribution >= 4 is 21.9 Å². The van der Waals surface area contributed by atoms with Crippen LogP contribution in [0.15, 0.2) is 33.7 Å². The second kappa shape index (κ2) is 5.75. The largest absolute Gasteiger partial charge is 0.370 e. The van der Waals surface area contributed by atoms with Crippen LogP contribution in [0.4, 0.5) is 0 Å². The van der Waals surface area contributed by atoms with Gasteiger partial charge in [-0.1, -0.05) is 28.1 Å². The second-order valence-corrected chi connectivity index (χ2v) is 4.23. The van der Waals surface area contributed by atoms with E-state index in [-0.39, 0.29) is 0 Å². The van der Waals surface area contributed by atoms with E-state index < -0.39 is 0 Å². The minimum atomic E-state index is 0.581. The Morgan fingerprint density at radius 1 is 1.53 bits per heavy atom. The van der Waals surface area contributed by atoms with Crippen LogP contribution in [0, 0.1) is 0 Å². The first-order valence-corrected chi connectivity index (χ1v) is 5.68. The smallest absolute Gasteiger partial charge is 0.191 e. The summed E-state index contributed by atoms with van der Waals surface area (Å²) in [5, 5.41) is 0. The van der Waals surface area contributed by atoms with Gasteiger partial charge in [-0.05, 0) is 24.6 Å². The first kappa shape index (κ1) is 12.0. The third kappa shape index (κ3) is 3.91. The van der Waals surface area contributed by atoms with Gasteiger partial charge >= 0.3 is 0 Å². The van der Waals surface area contributed by atoms with E-state index in [2.05, 4.69) is 33.1 Å². The van der Waals surface area contributed by atoms with Crippen molar-refractivity contribution in [1.82, 2.24) is 4.90 Å². The molecule has 1 rings (SSSR count). The molecule has 82 valence electrons. The zero-order valence-corrected chi connectivity index (χ0v) is 10.7. The molecule has 0 saturated heterocycles. The van der Waals surface area contributed by atoms with Crippen LogP contribution in [-0.4, -0.2) is 24.5 Å². The molecule has 0 heterocycles. The zero-order valence-electron chi connectivity index (χ0n) is 9.07. The van der Waals surface area contributed by atoms with Gasteiger partial charge in [0.2, 0.25) is 0 Å². The van der Waals surface area contributed by atoms with E-state index in [9.17, 15) is 0 Å². The Labute approximate surface area is 99.1 Å². The first-order valence-electron chi connectivity index (χ1n) is 4.89. The molecule has 0 aliphatic heterocycles. The summed E-state index contributed by atoms with van der Waals surface area (Å²) in [6.45, 7) is 3.46. The Balaban J connectivity index is 2.66. The number of nitrogens with two attached hydrogens (primary N) is 1. The van der Waals surface area contributed by atoms with Crippen molar-refractivity contribution < 1.29 is 0 Å². The molecule has 4 heteroatoms. The normalized spacial score (nSPS) is 11.5. The van der Waals surface area contributed by atoms with Crippen LogP contribution >= 0.6 is 15.9 Å². The SMILES string of the molecule is CCN=C(N)N(C)Cc1cccc(Br)c1. The number of guanidine groups is 1. The number of rotatable bonds is 3. The molecule has 1 aromatic carbocycles. The molecule has 0 saturated carbocycles. The van der Waals surface area contributed by atoms with Crippen molar-refractivity contribution in [2.45, 2.75) is 13.5 Å². The van der Waals surface area contributed by atoms with Crippen molar-refractivity contribution in [3.05, 3.63) is 34.3 Å². The maximum absolute atomic E-state index is 5.78. The van der Waals surface area contributed by atoms with Gasteiger partial charge in [-0.25, -0.2) is 0 Å². The average Bonchev–Trinajstić information content (AvgIpc) is 2.18. The summed E-state index contributed by atoms with van der Waals surface area (Å²) in [5.74, 6) is 0.581. The van der Waals surface area contributed by atoms with Gasteiger partial charge in [-0.15, -0.1) is 0 Å². The number of hydrogen-bond acceptors (Lipinski definition) is 1. The summed E-state index contributed by atoms with van der Waals surface area (Å²) in [6, 6.07) is 8.17. The predicted molar refractivity (Wildman–Crippen MR) is 67.8 cm³/mol. The van der Waals surface area contributed by atoms with Crippen LogP contribution < -0.4 is 5.73 Å². The molecule has 0 aliphatic carbocycles. The van der Waals surface area contributed by atoms with Crippen LogP contribution in [0.5, 0.6) is 0 Å². The molecule has 0 aliphatic rings. The van der Waals surface area contributed by atoms with E-state index in [1.54, 1.807) is 0 Å². The zero-order chi connectivity index (χ0) is 11.3. The monoisotopic (exact) mass is 269 g/mol. The third-order valence-electron chi connectivity index (χ3n) is 2.02. The fourth-order valence-electron chi connectivity index (χ4n) is 1.27. The lowest BCUT2D eigenvalue weighted by Crippen LogP contribution is -2.33. The molecule has 15 heavy (non-hydrogen) atoms. The fourth-order valence-corrected chi connectivity index (χ4v) is 1.72. The summed E-state index contributed by atoms with van der Waals surface area (Å²) < 4.78 is 1.08. The summed E-state index contributed by atoms with van der Waals surface area (Å²) in [4.78, 5) is 6.09. The Kier molecular flexibility index (Phi) is 4.62. The third-order valence-corrected chi connectivity index (χ3v) is 2.51. The molecular formula is C11H16BrN3. The van der Waals surface area contributed by atoms with Gasteiger partial charge in [-0.2, -0.15) is 0 Å². The van der Waals surface area contributed by atoms with E-state index in [0.717, 1.165) is 11.0 Å². The van der Waals surface area contributed by atoms with Gasteiger partial charge in [0.15, 0.2) is 5.96 Å². The average molecular weight is 270 g/mol. The molecule has 2 N–H and O–H groups in total. The van der Waals surface area contributed by atoms with E-state index >= 15 is 0 Å². The quantitative estimate of drug-likeness (QED) is 0.676. The molecule has 0 radical (unpaired) electrons. The molecule has 0 aromatic heterocycles. The van der Waals surface area contributed by atoms with Crippen molar-refractivity contribution in [3.63, 3.8) is 0 Å². The van der Waals surface area contributed by atoms with Crippen molar-refractivity contribution in [3.8, 4) is 0 Å². The number of halogens is 1. The molecule has 3 nitrogen and oxygen atoms in total. The Hall–Kier alpha value is -1.03. The van der Waals surface area contributed by atoms with Crippen LogP contribution in [0.1, 0.15) is 12.5 Å². The van der Waals surface area contributed by atoms with Gasteiger partial charge in [0.1, 0.15) is 0 Å². The molecular weight excluding hydrogens is 254 g/mol. The van der Waals surface area contributed by atoms with Gasteiger partial charge in [0.25, 0.3) is 0 Å². The number of benzene rings is 1. The number of hydrogen-bond donors (Lipinski definition) is 1. The predicted octanol–water partition coefficient (Wildman–Crippen LogP) is 2.22. The lowest BCUT2D eigenvalue weighted by molar-refractivity contribution is 0.492. The highest BCUT2D eigenvalue weighted by atomic mass is 79.9. The highest BCUT2D eigenvalue weighted by molar-refractivity contribution is 9.10. The first-order chi connectivity index (χ1) is 7.13. The highest BCUT2D eigenvalue weighted by Gasteiger charge is 2.02. The molecule has 1 aromatic rings. The van der Waals surface area contributed by atoms with E-state index in [0.29, 0.717) is 12.5 Å². The molecule has 0 bridgehead atoms. The van der Waals surface area contributed by atoms with Gasteiger partial charge in [0.05, 0.1) is 0 Å². The topological polar surface area (TPSA) is 41.6 Å². The summed E-state index contributed by atoms with van der Waals surface area (Å²) in [7, 11) is 1.94. The van der Waals surface area contributed by atoms with Crippen molar-refractivity contribution in [2.75, 3.05) is 13.6 Å². The summed E-state index contributed by atoms with van der Waals surface area (Å²) in [5.41, 5.74) is 6.99. The fraction of sp³-hybridized carbons (Fsp3) is 0.364. The number of nitrogens with zero attached hydrogens (tertiary/aromatic N) is 2.